The summed E-state index contributed by atoms with van der Waals surface area (Å²) in [7, 11) is 1.14. The zero-order valence-corrected chi connectivity index (χ0v) is 22.7. The van der Waals surface area contributed by atoms with Gasteiger partial charge in [0.1, 0.15) is 11.5 Å². The highest BCUT2D eigenvalue weighted by molar-refractivity contribution is 7.99. The highest BCUT2D eigenvalue weighted by Crippen LogP contribution is 2.37. The van der Waals surface area contributed by atoms with Crippen LogP contribution in [0.5, 0.6) is 0 Å². The molecule has 1 fully saturated rings. The lowest BCUT2D eigenvalue weighted by Gasteiger charge is -2.27. The molecule has 0 unspecified atom stereocenters. The van der Waals surface area contributed by atoms with Gasteiger partial charge >= 0.3 is 23.9 Å². The number of methoxy groups -OCH3 is 1. The molecule has 0 bridgehead atoms. The van der Waals surface area contributed by atoms with Crippen LogP contribution >= 0.6 is 11.8 Å². The lowest BCUT2D eigenvalue weighted by molar-refractivity contribution is -0.162. The molecule has 4 rings (SSSR count). The zero-order valence-electron chi connectivity index (χ0n) is 21.8. The minimum atomic E-state index is -1.63. The maximum absolute atomic E-state index is 13.2. The quantitative estimate of drug-likeness (QED) is 0.261. The van der Waals surface area contributed by atoms with Crippen molar-refractivity contribution in [2.24, 2.45) is 0 Å². The molecule has 3 aromatic carbocycles. The molecule has 0 aromatic heterocycles. The molecule has 0 saturated carbocycles. The van der Waals surface area contributed by atoms with E-state index in [4.69, 9.17) is 23.7 Å². The number of ether oxygens (including phenoxy) is 5. The normalized spacial score (nSPS) is 20.6. The summed E-state index contributed by atoms with van der Waals surface area (Å²) in [6, 6.07) is 24.6. The van der Waals surface area contributed by atoms with Gasteiger partial charge in [0.2, 0.25) is 6.10 Å². The predicted molar refractivity (Wildman–Crippen MR) is 146 cm³/mol. The Morgan fingerprint density at radius 3 is 1.62 bits per heavy atom. The maximum Gasteiger partial charge on any atom is 0.350 e. The van der Waals surface area contributed by atoms with E-state index in [-0.39, 0.29) is 16.7 Å². The van der Waals surface area contributed by atoms with E-state index >= 15 is 0 Å². The fraction of sp³-hybridized carbons (Fsp3) is 0.267. The van der Waals surface area contributed by atoms with Crippen LogP contribution in [-0.4, -0.2) is 66.6 Å². The molecule has 9 nitrogen and oxygen atoms in total. The summed E-state index contributed by atoms with van der Waals surface area (Å²) in [5.41, 5.74) is -0.145. The highest BCUT2D eigenvalue weighted by Gasteiger charge is 2.56. The molecule has 1 aliphatic rings. The monoisotopic (exact) mass is 564 g/mol. The number of benzene rings is 3. The van der Waals surface area contributed by atoms with Gasteiger partial charge in [-0.05, 0) is 42.2 Å². The van der Waals surface area contributed by atoms with Crippen molar-refractivity contribution in [2.45, 2.75) is 36.8 Å². The number of rotatable bonds is 10. The highest BCUT2D eigenvalue weighted by atomic mass is 32.2. The van der Waals surface area contributed by atoms with Crippen molar-refractivity contribution in [1.82, 2.24) is 0 Å². The van der Waals surface area contributed by atoms with Crippen LogP contribution in [0.4, 0.5) is 0 Å². The fourth-order valence-corrected chi connectivity index (χ4v) is 5.04. The maximum atomic E-state index is 13.2. The first-order valence-electron chi connectivity index (χ1n) is 12.6. The summed E-state index contributed by atoms with van der Waals surface area (Å²) in [6.45, 7) is 1.87. The number of carbonyl (C=O) groups is 4. The Morgan fingerprint density at radius 1 is 0.725 bits per heavy atom. The molecule has 3 aromatic rings. The van der Waals surface area contributed by atoms with Crippen molar-refractivity contribution in [2.75, 3.05) is 12.9 Å². The van der Waals surface area contributed by atoms with Crippen molar-refractivity contribution >= 4 is 35.6 Å². The van der Waals surface area contributed by atoms with Crippen molar-refractivity contribution in [1.29, 1.82) is 0 Å². The molecule has 5 atom stereocenters. The average molecular weight is 565 g/mol. The van der Waals surface area contributed by atoms with E-state index in [1.165, 1.54) is 23.9 Å². The lowest BCUT2D eigenvalue weighted by Crippen LogP contribution is -2.48. The van der Waals surface area contributed by atoms with Gasteiger partial charge in [-0.2, -0.15) is 0 Å². The molecule has 0 aliphatic carbocycles. The number of carbonyl (C=O) groups excluding carboxylic acids is 4. The van der Waals surface area contributed by atoms with Gasteiger partial charge in [0.15, 0.2) is 12.2 Å². The summed E-state index contributed by atoms with van der Waals surface area (Å²) < 4.78 is 28.3. The summed E-state index contributed by atoms with van der Waals surface area (Å²) in [5.74, 6) is -2.60. The van der Waals surface area contributed by atoms with Crippen LogP contribution in [0.25, 0.3) is 0 Å². The van der Waals surface area contributed by atoms with E-state index in [0.717, 1.165) is 7.11 Å². The summed E-state index contributed by atoms with van der Waals surface area (Å²) in [6.07, 6.45) is -5.44. The average Bonchev–Trinajstić information content (AvgIpc) is 3.32. The number of thioether (sulfide) groups is 1. The van der Waals surface area contributed by atoms with Crippen LogP contribution in [0.3, 0.4) is 0 Å². The Hall–Kier alpha value is -4.15. The van der Waals surface area contributed by atoms with Gasteiger partial charge in [-0.3, -0.25) is 0 Å². The molecule has 0 amide bonds. The van der Waals surface area contributed by atoms with E-state index in [1.54, 1.807) is 78.9 Å². The Morgan fingerprint density at radius 2 is 1.18 bits per heavy atom. The Bertz CT molecular complexity index is 1300. The molecule has 1 aliphatic heterocycles. The fourth-order valence-electron chi connectivity index (χ4n) is 4.11. The Labute approximate surface area is 235 Å². The first-order valence-corrected chi connectivity index (χ1v) is 13.6. The molecular weight excluding hydrogens is 536 g/mol. The van der Waals surface area contributed by atoms with Gasteiger partial charge in [-0.15, -0.1) is 11.8 Å². The topological polar surface area (TPSA) is 114 Å². The molecule has 0 N–H and O–H groups in total. The van der Waals surface area contributed by atoms with Gasteiger partial charge in [0.05, 0.1) is 23.8 Å². The number of hydrogen-bond acceptors (Lipinski definition) is 10. The molecule has 10 heteroatoms. The van der Waals surface area contributed by atoms with Gasteiger partial charge in [0.25, 0.3) is 0 Å². The summed E-state index contributed by atoms with van der Waals surface area (Å²) in [4.78, 5) is 52.1. The molecule has 0 spiro atoms. The van der Waals surface area contributed by atoms with Crippen LogP contribution in [0.2, 0.25) is 0 Å². The molecule has 1 heterocycles. The third kappa shape index (κ3) is 6.88. The van der Waals surface area contributed by atoms with Crippen LogP contribution < -0.4 is 0 Å². The second kappa shape index (κ2) is 13.8. The summed E-state index contributed by atoms with van der Waals surface area (Å²) in [5, 5.41) is 0. The molecule has 0 radical (unpaired) electrons. The van der Waals surface area contributed by atoms with Gasteiger partial charge in [-0.25, -0.2) is 19.2 Å². The van der Waals surface area contributed by atoms with Gasteiger partial charge in [-0.1, -0.05) is 61.5 Å². The predicted octanol–water partition coefficient (Wildman–Crippen LogP) is 4.31. The van der Waals surface area contributed by atoms with Crippen LogP contribution in [0.1, 0.15) is 38.0 Å². The van der Waals surface area contributed by atoms with Crippen molar-refractivity contribution in [3.63, 3.8) is 0 Å². The van der Waals surface area contributed by atoms with E-state index in [2.05, 4.69) is 0 Å². The van der Waals surface area contributed by atoms with E-state index in [0.29, 0.717) is 5.75 Å². The first-order chi connectivity index (χ1) is 19.4. The SMILES string of the molecule is CCS[C@@H]1O[C@@H]([C@H](OC(=O)c2ccccc2)C(=O)OC)[C@H](OC(=O)c2ccccc2)[C@H]1OC(=O)c1ccccc1. The molecule has 40 heavy (non-hydrogen) atoms. The smallest absolute Gasteiger partial charge is 0.350 e. The lowest BCUT2D eigenvalue weighted by atomic mass is 10.0. The zero-order chi connectivity index (χ0) is 28.5. The minimum Gasteiger partial charge on any atom is -0.466 e. The first kappa shape index (κ1) is 28.8. The molecule has 208 valence electrons. The van der Waals surface area contributed by atoms with E-state index in [9.17, 15) is 19.2 Å². The van der Waals surface area contributed by atoms with Gasteiger partial charge in [0, 0.05) is 0 Å². The van der Waals surface area contributed by atoms with Gasteiger partial charge < -0.3 is 23.7 Å². The minimum absolute atomic E-state index is 0.193. The molecular formula is C30H28O9S. The van der Waals surface area contributed by atoms with Crippen LogP contribution in [0, 0.1) is 0 Å². The van der Waals surface area contributed by atoms with Crippen molar-refractivity contribution < 1.29 is 42.9 Å². The standard InChI is InChI=1S/C30H28O9S/c1-3-40-30-25(38-28(33)21-17-11-6-12-18-21)23(36-26(31)19-13-7-4-8-14-19)22(39-30)24(29(34)35-2)37-27(32)20-15-9-5-10-16-20/h4-18,22-25,30H,3H2,1-2H3/t22-,23+,24+,25-,30+/m1/s1. The number of esters is 4. The second-order valence-corrected chi connectivity index (χ2v) is 9.99. The van der Waals surface area contributed by atoms with E-state index in [1.807, 2.05) is 6.92 Å². The molecule has 1 saturated heterocycles. The Kier molecular flexibility index (Phi) is 9.93. The van der Waals surface area contributed by atoms with Crippen molar-refractivity contribution in [3.05, 3.63) is 108 Å². The third-order valence-electron chi connectivity index (χ3n) is 6.02. The summed E-state index contributed by atoms with van der Waals surface area (Å²) >= 11 is 1.28. The Balaban J connectivity index is 1.70. The third-order valence-corrected chi connectivity index (χ3v) is 7.06. The largest absolute Gasteiger partial charge is 0.466 e. The second-order valence-electron chi connectivity index (χ2n) is 8.61. The number of hydrogen-bond donors (Lipinski definition) is 0. The van der Waals surface area contributed by atoms with Crippen LogP contribution in [0.15, 0.2) is 91.0 Å². The van der Waals surface area contributed by atoms with E-state index < -0.39 is 53.7 Å². The van der Waals surface area contributed by atoms with Crippen molar-refractivity contribution in [3.8, 4) is 0 Å². The van der Waals surface area contributed by atoms with Crippen LogP contribution in [-0.2, 0) is 28.5 Å².